The molecule has 0 radical (unpaired) electrons. The summed E-state index contributed by atoms with van der Waals surface area (Å²) in [5.74, 6) is 1.64. The van der Waals surface area contributed by atoms with Crippen LogP contribution in [0.5, 0.6) is 0 Å². The fourth-order valence-electron chi connectivity index (χ4n) is 2.09. The van der Waals surface area contributed by atoms with Gasteiger partial charge in [-0.05, 0) is 43.2 Å². The maximum absolute atomic E-state index is 8.36. The molecule has 128 valence electrons. The summed E-state index contributed by atoms with van der Waals surface area (Å²) in [7, 11) is 0. The monoisotopic (exact) mass is 327 g/mol. The quantitative estimate of drug-likeness (QED) is 0.650. The van der Waals surface area contributed by atoms with Crippen LogP contribution in [0.3, 0.4) is 0 Å². The molecule has 0 spiro atoms. The minimum atomic E-state index is -0.250. The van der Waals surface area contributed by atoms with Gasteiger partial charge in [0.2, 0.25) is 0 Å². The van der Waals surface area contributed by atoms with Crippen molar-refractivity contribution in [3.05, 3.63) is 59.8 Å². The van der Waals surface area contributed by atoms with Crippen LogP contribution in [-0.2, 0) is 4.79 Å². The van der Waals surface area contributed by atoms with Crippen LogP contribution in [0.2, 0.25) is 0 Å². The number of hydrogen-bond acceptors (Lipinski definition) is 4. The number of aryl methyl sites for hydroxylation is 2. The van der Waals surface area contributed by atoms with Crippen LogP contribution in [0.1, 0.15) is 26.4 Å². The molecule has 1 aromatic carbocycles. The number of fused-ring (bicyclic) bond motifs is 1. The van der Waals surface area contributed by atoms with Crippen molar-refractivity contribution in [3.63, 3.8) is 0 Å². The third-order valence-corrected chi connectivity index (χ3v) is 3.09. The Labute approximate surface area is 143 Å². The first-order valence-electron chi connectivity index (χ1n) is 7.78. The molecule has 0 saturated heterocycles. The van der Waals surface area contributed by atoms with E-state index in [2.05, 4.69) is 28.3 Å². The average molecular weight is 327 g/mol. The summed E-state index contributed by atoms with van der Waals surface area (Å²) in [5.41, 5.74) is 3.35. The summed E-state index contributed by atoms with van der Waals surface area (Å²) < 4.78 is 0. The van der Waals surface area contributed by atoms with E-state index in [1.165, 1.54) is 10.9 Å². The Balaban J connectivity index is 0.000000872. The fourth-order valence-corrected chi connectivity index (χ4v) is 2.09. The molecule has 3 rings (SSSR count). The Morgan fingerprint density at radius 2 is 1.75 bits per heavy atom. The molecular weight excluding hydrogens is 302 g/mol. The van der Waals surface area contributed by atoms with Crippen LogP contribution in [0.15, 0.2) is 48.7 Å². The van der Waals surface area contributed by atoms with E-state index in [9.17, 15) is 0 Å². The van der Waals surface area contributed by atoms with Gasteiger partial charge in [0, 0.05) is 13.0 Å². The van der Waals surface area contributed by atoms with E-state index in [0.717, 1.165) is 22.7 Å². The van der Waals surface area contributed by atoms with Gasteiger partial charge in [0.1, 0.15) is 11.6 Å². The van der Waals surface area contributed by atoms with Crippen LogP contribution >= 0.6 is 0 Å². The molecule has 5 nitrogen and oxygen atoms in total. The lowest BCUT2D eigenvalue weighted by molar-refractivity contribution is -0.122. The largest absolute Gasteiger partial charge is 0.483 e. The minimum absolute atomic E-state index is 0. The van der Waals surface area contributed by atoms with Gasteiger partial charge in [0.15, 0.2) is 0 Å². The van der Waals surface area contributed by atoms with Crippen LogP contribution in [0.4, 0.5) is 11.6 Å². The maximum atomic E-state index is 8.36. The van der Waals surface area contributed by atoms with E-state index in [-0.39, 0.29) is 7.90 Å². The van der Waals surface area contributed by atoms with Gasteiger partial charge in [-0.15, -0.1) is 0 Å². The van der Waals surface area contributed by atoms with Crippen molar-refractivity contribution in [2.24, 2.45) is 0 Å². The van der Waals surface area contributed by atoms with Crippen molar-refractivity contribution >= 4 is 29.0 Å². The molecule has 2 N–H and O–H groups in total. The molecule has 0 amide bonds. The third-order valence-electron chi connectivity index (χ3n) is 3.09. The molecule has 0 aliphatic rings. The molecule has 0 atom stereocenters. The highest BCUT2D eigenvalue weighted by Gasteiger charge is 2.03. The van der Waals surface area contributed by atoms with Gasteiger partial charge in [-0.3, -0.25) is 4.79 Å². The summed E-state index contributed by atoms with van der Waals surface area (Å²) in [5, 5.41) is 11.3. The second-order valence-corrected chi connectivity index (χ2v) is 4.79. The lowest BCUT2D eigenvalue weighted by Crippen LogP contribution is -1.97. The number of carboxylic acid groups (broad SMARTS) is 1. The molecular formula is C19H25N3O2. The number of hydrogen-bond donors (Lipinski definition) is 2. The van der Waals surface area contributed by atoms with Crippen LogP contribution in [-0.4, -0.2) is 21.5 Å². The van der Waals surface area contributed by atoms with Crippen molar-refractivity contribution in [2.45, 2.75) is 27.7 Å². The number of pyridine rings is 2. The Morgan fingerprint density at radius 3 is 2.38 bits per heavy atom. The SMILES string of the molecule is CC.Cc1ccc(Nc2cc(C)c3ccccc3n2)nc1.O=CO.[HH]. The fraction of sp³-hybridized carbons (Fsp3) is 0.211. The molecule has 0 bridgehead atoms. The Hall–Kier alpha value is -2.95. The number of anilines is 2. The van der Waals surface area contributed by atoms with Crippen LogP contribution in [0, 0.1) is 13.8 Å². The molecule has 2 heterocycles. The van der Waals surface area contributed by atoms with Gasteiger partial charge in [-0.2, -0.15) is 0 Å². The number of nitrogens with one attached hydrogen (secondary N) is 1. The predicted molar refractivity (Wildman–Crippen MR) is 101 cm³/mol. The summed E-state index contributed by atoms with van der Waals surface area (Å²) >= 11 is 0. The molecule has 5 heteroatoms. The topological polar surface area (TPSA) is 75.1 Å². The van der Waals surface area contributed by atoms with Crippen molar-refractivity contribution in [1.82, 2.24) is 9.97 Å². The summed E-state index contributed by atoms with van der Waals surface area (Å²) in [4.78, 5) is 17.3. The minimum Gasteiger partial charge on any atom is -0.483 e. The van der Waals surface area contributed by atoms with E-state index in [4.69, 9.17) is 9.90 Å². The first-order chi connectivity index (χ1) is 11.6. The van der Waals surface area contributed by atoms with E-state index in [1.807, 2.05) is 63.4 Å². The van der Waals surface area contributed by atoms with Crippen LogP contribution in [0.25, 0.3) is 10.9 Å². The standard InChI is InChI=1S/C16H15N3.C2H6.CH2O2.H2/c1-11-7-8-15(17-10-11)19-16-9-12(2)13-5-3-4-6-14(13)18-16;1-2;2-1-3;/h3-10H,1-2H3,(H,17,18,19);1-2H3;1H,(H,2,3);1H. The van der Waals surface area contributed by atoms with Gasteiger partial charge in [-0.25, -0.2) is 9.97 Å². The molecule has 0 aliphatic heterocycles. The van der Waals surface area contributed by atoms with E-state index < -0.39 is 0 Å². The average Bonchev–Trinajstić information content (AvgIpc) is 2.60. The second-order valence-electron chi connectivity index (χ2n) is 4.79. The predicted octanol–water partition coefficient (Wildman–Crippen LogP) is 4.96. The second kappa shape index (κ2) is 9.94. The third kappa shape index (κ3) is 5.35. The molecule has 2 aromatic heterocycles. The normalized spacial score (nSPS) is 9.17. The summed E-state index contributed by atoms with van der Waals surface area (Å²) in [6.45, 7) is 7.87. The molecule has 0 aliphatic carbocycles. The number of carbonyl (C=O) groups is 1. The van der Waals surface area contributed by atoms with E-state index in [1.54, 1.807) is 0 Å². The van der Waals surface area contributed by atoms with Gasteiger partial charge in [0.25, 0.3) is 6.47 Å². The zero-order chi connectivity index (χ0) is 17.9. The molecule has 3 aromatic rings. The number of aromatic nitrogens is 2. The molecule has 0 fully saturated rings. The van der Waals surface area contributed by atoms with Crippen molar-refractivity contribution in [3.8, 4) is 0 Å². The number of nitrogens with zero attached hydrogens (tertiary/aromatic N) is 2. The Morgan fingerprint density at radius 1 is 1.08 bits per heavy atom. The van der Waals surface area contributed by atoms with Gasteiger partial charge >= 0.3 is 0 Å². The zero-order valence-electron chi connectivity index (χ0n) is 14.4. The number of para-hydroxylation sites is 1. The van der Waals surface area contributed by atoms with E-state index >= 15 is 0 Å². The first kappa shape index (κ1) is 19.1. The van der Waals surface area contributed by atoms with Crippen LogP contribution < -0.4 is 5.32 Å². The number of benzene rings is 1. The van der Waals surface area contributed by atoms with E-state index in [0.29, 0.717) is 0 Å². The summed E-state index contributed by atoms with van der Waals surface area (Å²) in [6.07, 6.45) is 1.84. The Bertz CT molecular complexity index is 777. The molecule has 0 saturated carbocycles. The molecule has 0 unspecified atom stereocenters. The van der Waals surface area contributed by atoms with Crippen molar-refractivity contribution in [1.29, 1.82) is 0 Å². The zero-order valence-corrected chi connectivity index (χ0v) is 14.4. The maximum Gasteiger partial charge on any atom is 0.290 e. The summed E-state index contributed by atoms with van der Waals surface area (Å²) in [6, 6.07) is 14.2. The number of rotatable bonds is 2. The van der Waals surface area contributed by atoms with Gasteiger partial charge < -0.3 is 10.4 Å². The Kier molecular flexibility index (Phi) is 7.91. The van der Waals surface area contributed by atoms with Crippen molar-refractivity contribution < 1.29 is 11.3 Å². The smallest absolute Gasteiger partial charge is 0.290 e. The van der Waals surface area contributed by atoms with Gasteiger partial charge in [-0.1, -0.05) is 38.1 Å². The van der Waals surface area contributed by atoms with Crippen molar-refractivity contribution in [2.75, 3.05) is 5.32 Å². The highest BCUT2D eigenvalue weighted by Crippen LogP contribution is 2.21. The lowest BCUT2D eigenvalue weighted by Gasteiger charge is -2.08. The molecule has 24 heavy (non-hydrogen) atoms. The lowest BCUT2D eigenvalue weighted by atomic mass is 10.1. The highest BCUT2D eigenvalue weighted by atomic mass is 16.3. The van der Waals surface area contributed by atoms with Gasteiger partial charge in [0.05, 0.1) is 5.52 Å². The first-order valence-corrected chi connectivity index (χ1v) is 7.78. The highest BCUT2D eigenvalue weighted by molar-refractivity contribution is 5.84.